The van der Waals surface area contributed by atoms with Gasteiger partial charge in [-0.25, -0.2) is 9.59 Å². The molecule has 5 heteroatoms. The third-order valence-corrected chi connectivity index (χ3v) is 4.24. The molecule has 1 aliphatic rings. The Labute approximate surface area is 124 Å². The van der Waals surface area contributed by atoms with E-state index in [2.05, 4.69) is 16.7 Å². The van der Waals surface area contributed by atoms with E-state index in [0.29, 0.717) is 6.42 Å². The van der Waals surface area contributed by atoms with Gasteiger partial charge in [-0.2, -0.15) is 0 Å². The van der Waals surface area contributed by atoms with Gasteiger partial charge in [0.2, 0.25) is 0 Å². The first-order chi connectivity index (χ1) is 9.96. The minimum absolute atomic E-state index is 0.0511. The second-order valence-corrected chi connectivity index (χ2v) is 5.73. The molecule has 1 aromatic rings. The van der Waals surface area contributed by atoms with Gasteiger partial charge in [-0.1, -0.05) is 31.2 Å². The zero-order valence-corrected chi connectivity index (χ0v) is 12.5. The Hall–Kier alpha value is -2.04. The van der Waals surface area contributed by atoms with Crippen molar-refractivity contribution in [3.8, 4) is 0 Å². The average molecular weight is 290 g/mol. The summed E-state index contributed by atoms with van der Waals surface area (Å²) in [6.45, 7) is 3.26. The van der Waals surface area contributed by atoms with Crippen molar-refractivity contribution in [2.45, 2.75) is 51.1 Å². The minimum atomic E-state index is -1.24. The van der Waals surface area contributed by atoms with Crippen molar-refractivity contribution in [3.63, 3.8) is 0 Å². The van der Waals surface area contributed by atoms with Crippen molar-refractivity contribution >= 4 is 12.0 Å². The van der Waals surface area contributed by atoms with Crippen molar-refractivity contribution in [3.05, 3.63) is 35.4 Å². The lowest BCUT2D eigenvalue weighted by atomic mass is 9.88. The predicted octanol–water partition coefficient (Wildman–Crippen LogP) is 2.62. The van der Waals surface area contributed by atoms with Gasteiger partial charge in [0.15, 0.2) is 0 Å². The van der Waals surface area contributed by atoms with Crippen molar-refractivity contribution in [2.75, 3.05) is 0 Å². The van der Waals surface area contributed by atoms with Crippen LogP contribution < -0.4 is 10.6 Å². The number of benzene rings is 1. The predicted molar refractivity (Wildman–Crippen MR) is 80.1 cm³/mol. The van der Waals surface area contributed by atoms with Gasteiger partial charge in [0.1, 0.15) is 5.54 Å². The van der Waals surface area contributed by atoms with Gasteiger partial charge in [-0.15, -0.1) is 0 Å². The van der Waals surface area contributed by atoms with Gasteiger partial charge in [0.25, 0.3) is 0 Å². The zero-order valence-electron chi connectivity index (χ0n) is 12.5. The lowest BCUT2D eigenvalue weighted by Gasteiger charge is -2.29. The molecule has 0 bridgehead atoms. The SMILES string of the molecule is CCC(C)(NC(=O)NC1CCCc2ccccc21)C(=O)O. The van der Waals surface area contributed by atoms with E-state index in [0.717, 1.165) is 24.8 Å². The Morgan fingerprint density at radius 2 is 2.10 bits per heavy atom. The number of amides is 2. The molecule has 0 radical (unpaired) electrons. The fourth-order valence-electron chi connectivity index (χ4n) is 2.64. The Morgan fingerprint density at radius 1 is 1.38 bits per heavy atom. The smallest absolute Gasteiger partial charge is 0.329 e. The molecule has 21 heavy (non-hydrogen) atoms. The van der Waals surface area contributed by atoms with Crippen LogP contribution >= 0.6 is 0 Å². The highest BCUT2D eigenvalue weighted by molar-refractivity contribution is 5.86. The highest BCUT2D eigenvalue weighted by atomic mass is 16.4. The van der Waals surface area contributed by atoms with E-state index in [1.807, 2.05) is 18.2 Å². The van der Waals surface area contributed by atoms with E-state index in [-0.39, 0.29) is 6.04 Å². The fourth-order valence-corrected chi connectivity index (χ4v) is 2.64. The van der Waals surface area contributed by atoms with E-state index >= 15 is 0 Å². The number of nitrogens with one attached hydrogen (secondary N) is 2. The Morgan fingerprint density at radius 3 is 2.76 bits per heavy atom. The van der Waals surface area contributed by atoms with E-state index in [1.165, 1.54) is 12.5 Å². The molecule has 2 atom stereocenters. The van der Waals surface area contributed by atoms with Crippen LogP contribution in [0.1, 0.15) is 50.3 Å². The van der Waals surface area contributed by atoms with E-state index in [9.17, 15) is 14.7 Å². The molecule has 1 aliphatic carbocycles. The van der Waals surface area contributed by atoms with Crippen molar-refractivity contribution in [2.24, 2.45) is 0 Å². The summed E-state index contributed by atoms with van der Waals surface area (Å²) >= 11 is 0. The van der Waals surface area contributed by atoms with Crippen LogP contribution in [0.15, 0.2) is 24.3 Å². The van der Waals surface area contributed by atoms with E-state index in [4.69, 9.17) is 0 Å². The highest BCUT2D eigenvalue weighted by Gasteiger charge is 2.33. The second kappa shape index (κ2) is 6.16. The number of urea groups is 1. The minimum Gasteiger partial charge on any atom is -0.480 e. The molecule has 0 aliphatic heterocycles. The van der Waals surface area contributed by atoms with Crippen LogP contribution in [-0.2, 0) is 11.2 Å². The first-order valence-corrected chi connectivity index (χ1v) is 7.36. The van der Waals surface area contributed by atoms with Crippen LogP contribution in [-0.4, -0.2) is 22.6 Å². The normalized spacial score (nSPS) is 20.0. The van der Waals surface area contributed by atoms with Gasteiger partial charge in [0, 0.05) is 0 Å². The lowest BCUT2D eigenvalue weighted by molar-refractivity contribution is -0.143. The quantitative estimate of drug-likeness (QED) is 0.797. The molecule has 2 unspecified atom stereocenters. The molecule has 2 amide bonds. The second-order valence-electron chi connectivity index (χ2n) is 5.73. The monoisotopic (exact) mass is 290 g/mol. The number of aryl methyl sites for hydroxylation is 1. The van der Waals surface area contributed by atoms with Crippen molar-refractivity contribution in [1.82, 2.24) is 10.6 Å². The van der Waals surface area contributed by atoms with Crippen LogP contribution in [0.25, 0.3) is 0 Å². The summed E-state index contributed by atoms with van der Waals surface area (Å²) in [5.74, 6) is -1.02. The van der Waals surface area contributed by atoms with Gasteiger partial charge >= 0.3 is 12.0 Å². The summed E-state index contributed by atoms with van der Waals surface area (Å²) in [5.41, 5.74) is 1.15. The van der Waals surface area contributed by atoms with Crippen LogP contribution in [0.4, 0.5) is 4.79 Å². The number of carboxylic acid groups (broad SMARTS) is 1. The van der Waals surface area contributed by atoms with Gasteiger partial charge in [0.05, 0.1) is 6.04 Å². The molecular weight excluding hydrogens is 268 g/mol. The number of hydrogen-bond acceptors (Lipinski definition) is 2. The third kappa shape index (κ3) is 3.35. The van der Waals surface area contributed by atoms with Crippen LogP contribution in [0.5, 0.6) is 0 Å². The van der Waals surface area contributed by atoms with Crippen molar-refractivity contribution < 1.29 is 14.7 Å². The van der Waals surface area contributed by atoms with Gasteiger partial charge in [-0.3, -0.25) is 0 Å². The number of carbonyl (C=O) groups is 2. The molecule has 3 N–H and O–H groups in total. The Balaban J connectivity index is 2.06. The number of fused-ring (bicyclic) bond motifs is 1. The molecule has 114 valence electrons. The molecule has 0 saturated carbocycles. The molecule has 1 aromatic carbocycles. The van der Waals surface area contributed by atoms with Crippen molar-refractivity contribution in [1.29, 1.82) is 0 Å². The maximum atomic E-state index is 12.1. The fraction of sp³-hybridized carbons (Fsp3) is 0.500. The number of rotatable bonds is 4. The van der Waals surface area contributed by atoms with Crippen LogP contribution in [0, 0.1) is 0 Å². The summed E-state index contributed by atoms with van der Waals surface area (Å²) < 4.78 is 0. The summed E-state index contributed by atoms with van der Waals surface area (Å²) in [7, 11) is 0. The molecule has 0 saturated heterocycles. The number of hydrogen-bond donors (Lipinski definition) is 3. The average Bonchev–Trinajstić information content (AvgIpc) is 2.47. The number of carboxylic acids is 1. The topological polar surface area (TPSA) is 78.4 Å². The summed E-state index contributed by atoms with van der Waals surface area (Å²) in [6.07, 6.45) is 3.25. The Bertz CT molecular complexity index is 544. The summed E-state index contributed by atoms with van der Waals surface area (Å²) in [4.78, 5) is 23.4. The maximum Gasteiger partial charge on any atom is 0.329 e. The third-order valence-electron chi connectivity index (χ3n) is 4.24. The van der Waals surface area contributed by atoms with Gasteiger partial charge in [-0.05, 0) is 43.7 Å². The number of carbonyl (C=O) groups excluding carboxylic acids is 1. The standard InChI is InChI=1S/C16H22N2O3/c1-3-16(2,14(19)20)18-15(21)17-13-10-6-8-11-7-4-5-9-12(11)13/h4-5,7,9,13H,3,6,8,10H2,1-2H3,(H,19,20)(H2,17,18,21). The lowest BCUT2D eigenvalue weighted by Crippen LogP contribution is -2.55. The molecule has 0 aromatic heterocycles. The maximum absolute atomic E-state index is 12.1. The molecule has 0 fully saturated rings. The first-order valence-electron chi connectivity index (χ1n) is 7.36. The molecular formula is C16H22N2O3. The summed E-state index contributed by atoms with van der Waals surface area (Å²) in [5, 5.41) is 14.7. The number of aliphatic carboxylic acids is 1. The van der Waals surface area contributed by atoms with Gasteiger partial charge < -0.3 is 15.7 Å². The first kappa shape index (κ1) is 15.4. The Kier molecular flexibility index (Phi) is 4.50. The summed E-state index contributed by atoms with van der Waals surface area (Å²) in [6, 6.07) is 7.59. The van der Waals surface area contributed by atoms with E-state index < -0.39 is 17.5 Å². The zero-order chi connectivity index (χ0) is 15.5. The molecule has 0 spiro atoms. The molecule has 2 rings (SSSR count). The van der Waals surface area contributed by atoms with Crippen LogP contribution in [0.2, 0.25) is 0 Å². The van der Waals surface area contributed by atoms with Crippen LogP contribution in [0.3, 0.4) is 0 Å². The molecule has 0 heterocycles. The molecule has 5 nitrogen and oxygen atoms in total. The highest BCUT2D eigenvalue weighted by Crippen LogP contribution is 2.29. The van der Waals surface area contributed by atoms with E-state index in [1.54, 1.807) is 6.92 Å². The largest absolute Gasteiger partial charge is 0.480 e.